The van der Waals surface area contributed by atoms with Gasteiger partial charge in [0.05, 0.1) is 5.75 Å². The third-order valence-corrected chi connectivity index (χ3v) is 6.71. The summed E-state index contributed by atoms with van der Waals surface area (Å²) in [5, 5.41) is 0. The summed E-state index contributed by atoms with van der Waals surface area (Å²) in [6, 6.07) is 14.0. The molecule has 0 amide bonds. The molecule has 26 heavy (non-hydrogen) atoms. The molecule has 0 N–H and O–H groups in total. The van der Waals surface area contributed by atoms with E-state index in [1.54, 1.807) is 4.31 Å². The first-order valence-electron chi connectivity index (χ1n) is 8.93. The smallest absolute Gasteiger partial charge is 0.218 e. The lowest BCUT2D eigenvalue weighted by Crippen LogP contribution is -2.35. The molecule has 1 saturated heterocycles. The molecule has 0 aromatic heterocycles. The van der Waals surface area contributed by atoms with E-state index in [2.05, 4.69) is 24.0 Å². The summed E-state index contributed by atoms with van der Waals surface area (Å²) in [5.41, 5.74) is 3.17. The van der Waals surface area contributed by atoms with Crippen LogP contribution in [0.25, 0.3) is 0 Å². The number of benzene rings is 2. The molecule has 0 aliphatic carbocycles. The lowest BCUT2D eigenvalue weighted by atomic mass is 10.1. The lowest BCUT2D eigenvalue weighted by molar-refractivity contribution is 0.278. The van der Waals surface area contributed by atoms with Gasteiger partial charge < -0.3 is 0 Å². The molecule has 2 aromatic rings. The molecule has 1 fully saturated rings. The van der Waals surface area contributed by atoms with E-state index in [-0.39, 0.29) is 11.6 Å². The Morgan fingerprint density at radius 1 is 0.962 bits per heavy atom. The van der Waals surface area contributed by atoms with E-state index < -0.39 is 10.0 Å². The normalized spacial score (nSPS) is 17.2. The van der Waals surface area contributed by atoms with Crippen LogP contribution in [0.5, 0.6) is 0 Å². The predicted octanol–water partition coefficient (Wildman–Crippen LogP) is 3.17. The second kappa shape index (κ2) is 8.29. The molecule has 2 aromatic carbocycles. The Bertz CT molecular complexity index is 837. The van der Waals surface area contributed by atoms with Gasteiger partial charge in [-0.2, -0.15) is 0 Å². The molecule has 140 valence electrons. The standard InChI is InChI=1S/C20H25FN2O2S/c1-17-5-2-3-6-19(17)15-22-11-4-12-23(14-13-22)26(24,25)16-18-7-9-20(21)10-8-18/h2-3,5-10H,4,11-16H2,1H3. The summed E-state index contributed by atoms with van der Waals surface area (Å²) >= 11 is 0. The quantitative estimate of drug-likeness (QED) is 0.805. The van der Waals surface area contributed by atoms with Crippen LogP contribution in [0.15, 0.2) is 48.5 Å². The largest absolute Gasteiger partial charge is 0.298 e. The van der Waals surface area contributed by atoms with Gasteiger partial charge in [-0.3, -0.25) is 4.90 Å². The Labute approximate surface area is 155 Å². The van der Waals surface area contributed by atoms with Gasteiger partial charge in [-0.05, 0) is 48.7 Å². The average molecular weight is 376 g/mol. The van der Waals surface area contributed by atoms with Crippen LogP contribution in [-0.4, -0.2) is 43.8 Å². The minimum Gasteiger partial charge on any atom is -0.298 e. The van der Waals surface area contributed by atoms with Crippen LogP contribution in [0.4, 0.5) is 4.39 Å². The van der Waals surface area contributed by atoms with Crippen molar-refractivity contribution in [2.24, 2.45) is 0 Å². The van der Waals surface area contributed by atoms with Crippen molar-refractivity contribution in [1.82, 2.24) is 9.21 Å². The summed E-state index contributed by atoms with van der Waals surface area (Å²) in [4.78, 5) is 2.32. The molecule has 1 aliphatic rings. The fraction of sp³-hybridized carbons (Fsp3) is 0.400. The Morgan fingerprint density at radius 2 is 1.69 bits per heavy atom. The van der Waals surface area contributed by atoms with Crippen LogP contribution in [0.3, 0.4) is 0 Å². The van der Waals surface area contributed by atoms with E-state index in [9.17, 15) is 12.8 Å². The molecule has 1 aliphatic heterocycles. The second-order valence-corrected chi connectivity index (χ2v) is 8.81. The minimum absolute atomic E-state index is 0.0783. The van der Waals surface area contributed by atoms with Crippen LogP contribution in [-0.2, 0) is 22.3 Å². The highest BCUT2D eigenvalue weighted by Crippen LogP contribution is 2.17. The van der Waals surface area contributed by atoms with Gasteiger partial charge in [0.15, 0.2) is 0 Å². The Hall–Kier alpha value is -1.76. The highest BCUT2D eigenvalue weighted by molar-refractivity contribution is 7.88. The lowest BCUT2D eigenvalue weighted by Gasteiger charge is -2.22. The predicted molar refractivity (Wildman–Crippen MR) is 102 cm³/mol. The fourth-order valence-corrected chi connectivity index (χ4v) is 4.86. The molecule has 6 heteroatoms. The van der Waals surface area contributed by atoms with Crippen molar-refractivity contribution in [2.75, 3.05) is 26.2 Å². The molecule has 1 heterocycles. The van der Waals surface area contributed by atoms with Gasteiger partial charge in [-0.25, -0.2) is 17.1 Å². The second-order valence-electron chi connectivity index (χ2n) is 6.84. The summed E-state index contributed by atoms with van der Waals surface area (Å²) in [6.45, 7) is 5.59. The van der Waals surface area contributed by atoms with Crippen molar-refractivity contribution in [2.45, 2.75) is 25.6 Å². The van der Waals surface area contributed by atoms with E-state index in [4.69, 9.17) is 0 Å². The van der Waals surface area contributed by atoms with Crippen LogP contribution in [0.2, 0.25) is 0 Å². The van der Waals surface area contributed by atoms with Crippen molar-refractivity contribution < 1.29 is 12.8 Å². The number of nitrogens with zero attached hydrogens (tertiary/aromatic N) is 2. The topological polar surface area (TPSA) is 40.6 Å². The first kappa shape index (κ1) is 19.0. The molecule has 0 atom stereocenters. The third-order valence-electron chi connectivity index (χ3n) is 4.86. The zero-order chi connectivity index (χ0) is 18.6. The van der Waals surface area contributed by atoms with Gasteiger partial charge in [0.25, 0.3) is 0 Å². The monoisotopic (exact) mass is 376 g/mol. The van der Waals surface area contributed by atoms with Crippen molar-refractivity contribution in [3.63, 3.8) is 0 Å². The number of rotatable bonds is 5. The average Bonchev–Trinajstić information content (AvgIpc) is 2.85. The number of sulfonamides is 1. The summed E-state index contributed by atoms with van der Waals surface area (Å²) in [6.07, 6.45) is 0.814. The SMILES string of the molecule is Cc1ccccc1CN1CCCN(S(=O)(=O)Cc2ccc(F)cc2)CC1. The van der Waals surface area contributed by atoms with Crippen molar-refractivity contribution in [1.29, 1.82) is 0 Å². The van der Waals surface area contributed by atoms with E-state index in [0.717, 1.165) is 26.1 Å². The Kier molecular flexibility index (Phi) is 6.06. The summed E-state index contributed by atoms with van der Waals surface area (Å²) in [7, 11) is -3.39. The van der Waals surface area contributed by atoms with Crippen molar-refractivity contribution >= 4 is 10.0 Å². The molecule has 0 bridgehead atoms. The van der Waals surface area contributed by atoms with E-state index in [1.807, 2.05) is 12.1 Å². The Morgan fingerprint density at radius 3 is 2.42 bits per heavy atom. The van der Waals surface area contributed by atoms with Gasteiger partial charge in [0, 0.05) is 26.2 Å². The summed E-state index contributed by atoms with van der Waals surface area (Å²) < 4.78 is 40.0. The number of halogens is 1. The van der Waals surface area contributed by atoms with Crippen molar-refractivity contribution in [3.05, 3.63) is 71.0 Å². The van der Waals surface area contributed by atoms with Crippen molar-refractivity contribution in [3.8, 4) is 0 Å². The third kappa shape index (κ3) is 4.90. The van der Waals surface area contributed by atoms with Crippen LogP contribution in [0.1, 0.15) is 23.1 Å². The van der Waals surface area contributed by atoms with Crippen LogP contribution < -0.4 is 0 Å². The fourth-order valence-electron chi connectivity index (χ4n) is 3.29. The molecule has 0 saturated carbocycles. The highest BCUT2D eigenvalue weighted by Gasteiger charge is 2.25. The zero-order valence-electron chi connectivity index (χ0n) is 15.1. The zero-order valence-corrected chi connectivity index (χ0v) is 15.9. The van der Waals surface area contributed by atoms with E-state index >= 15 is 0 Å². The van der Waals surface area contributed by atoms with Gasteiger partial charge >= 0.3 is 0 Å². The minimum atomic E-state index is -3.39. The molecular weight excluding hydrogens is 351 g/mol. The van der Waals surface area contributed by atoms with Gasteiger partial charge in [-0.15, -0.1) is 0 Å². The van der Waals surface area contributed by atoms with Gasteiger partial charge in [0.1, 0.15) is 5.82 Å². The molecule has 3 rings (SSSR count). The van der Waals surface area contributed by atoms with Crippen LogP contribution in [0, 0.1) is 12.7 Å². The molecule has 4 nitrogen and oxygen atoms in total. The number of hydrogen-bond donors (Lipinski definition) is 0. The van der Waals surface area contributed by atoms with E-state index in [0.29, 0.717) is 18.7 Å². The first-order chi connectivity index (χ1) is 12.4. The van der Waals surface area contributed by atoms with E-state index in [1.165, 1.54) is 35.4 Å². The highest BCUT2D eigenvalue weighted by atomic mass is 32.2. The maximum atomic E-state index is 13.0. The number of hydrogen-bond acceptors (Lipinski definition) is 3. The molecular formula is C20H25FN2O2S. The Balaban J connectivity index is 1.62. The first-order valence-corrected chi connectivity index (χ1v) is 10.5. The molecule has 0 unspecified atom stereocenters. The summed E-state index contributed by atoms with van der Waals surface area (Å²) in [5.74, 6) is -0.432. The number of aryl methyl sites for hydroxylation is 1. The van der Waals surface area contributed by atoms with Gasteiger partial charge in [-0.1, -0.05) is 36.4 Å². The molecule has 0 spiro atoms. The van der Waals surface area contributed by atoms with Crippen LogP contribution >= 0.6 is 0 Å². The van der Waals surface area contributed by atoms with Gasteiger partial charge in [0.2, 0.25) is 10.0 Å². The molecule has 0 radical (unpaired) electrons. The maximum Gasteiger partial charge on any atom is 0.218 e. The maximum absolute atomic E-state index is 13.0.